The van der Waals surface area contributed by atoms with Crippen LogP contribution < -0.4 is 5.32 Å². The van der Waals surface area contributed by atoms with E-state index in [-0.39, 0.29) is 5.91 Å². The Morgan fingerprint density at radius 1 is 1.38 bits per heavy atom. The molecule has 1 unspecified atom stereocenters. The van der Waals surface area contributed by atoms with Crippen molar-refractivity contribution in [3.8, 4) is 0 Å². The van der Waals surface area contributed by atoms with Crippen LogP contribution in [0.2, 0.25) is 0 Å². The zero-order chi connectivity index (χ0) is 9.31. The summed E-state index contributed by atoms with van der Waals surface area (Å²) in [7, 11) is 1.56. The minimum Gasteiger partial charge on any atom is -0.362 e. The van der Waals surface area contributed by atoms with Crippen molar-refractivity contribution in [2.45, 2.75) is 5.60 Å². The third-order valence-corrected chi connectivity index (χ3v) is 2.45. The third kappa shape index (κ3) is 1.04. The number of nitrogens with one attached hydrogen (secondary N) is 1. The summed E-state index contributed by atoms with van der Waals surface area (Å²) < 4.78 is 5.26. The molecule has 1 aliphatic rings. The minimum absolute atomic E-state index is 0.0544. The first-order valence-electron chi connectivity index (χ1n) is 4.18. The van der Waals surface area contributed by atoms with Gasteiger partial charge in [-0.3, -0.25) is 4.79 Å². The lowest BCUT2D eigenvalue weighted by Gasteiger charge is -2.39. The van der Waals surface area contributed by atoms with Crippen LogP contribution in [-0.2, 0) is 15.1 Å². The normalized spacial score (nSPS) is 26.4. The maximum absolute atomic E-state index is 11.3. The topological polar surface area (TPSA) is 38.3 Å². The molecule has 0 aromatic heterocycles. The highest BCUT2D eigenvalue weighted by atomic mass is 16.5. The molecule has 0 radical (unpaired) electrons. The minimum atomic E-state index is -0.735. The van der Waals surface area contributed by atoms with Crippen molar-refractivity contribution in [1.29, 1.82) is 0 Å². The molecule has 1 amide bonds. The Hall–Kier alpha value is -1.35. The van der Waals surface area contributed by atoms with Crippen molar-refractivity contribution in [2.24, 2.45) is 0 Å². The highest BCUT2D eigenvalue weighted by Gasteiger charge is 2.48. The van der Waals surface area contributed by atoms with Crippen molar-refractivity contribution in [2.75, 3.05) is 13.7 Å². The number of β-lactam (4-membered cyclic amide) rings is 1. The Bertz CT molecular complexity index is 319. The third-order valence-electron chi connectivity index (χ3n) is 2.45. The molecule has 3 nitrogen and oxygen atoms in total. The van der Waals surface area contributed by atoms with E-state index in [2.05, 4.69) is 5.32 Å². The fourth-order valence-electron chi connectivity index (χ4n) is 1.54. The summed E-state index contributed by atoms with van der Waals surface area (Å²) in [6, 6.07) is 9.54. The van der Waals surface area contributed by atoms with Gasteiger partial charge in [-0.25, -0.2) is 0 Å². The molecule has 0 bridgehead atoms. The molecule has 1 aromatic rings. The molecule has 1 aliphatic heterocycles. The average molecular weight is 177 g/mol. The zero-order valence-electron chi connectivity index (χ0n) is 7.41. The van der Waals surface area contributed by atoms with Gasteiger partial charge in [-0.05, 0) is 5.56 Å². The number of ether oxygens (including phenoxy) is 1. The number of amides is 1. The first-order chi connectivity index (χ1) is 6.29. The zero-order valence-corrected chi connectivity index (χ0v) is 7.41. The van der Waals surface area contributed by atoms with E-state index in [1.807, 2.05) is 30.3 Å². The molecule has 1 atom stereocenters. The van der Waals surface area contributed by atoms with Crippen LogP contribution in [0.1, 0.15) is 5.56 Å². The van der Waals surface area contributed by atoms with Crippen LogP contribution in [0, 0.1) is 0 Å². The van der Waals surface area contributed by atoms with Gasteiger partial charge in [0.15, 0.2) is 5.60 Å². The molecule has 1 aromatic carbocycles. The SMILES string of the molecule is COC1(c2ccccc2)CNC1=O. The van der Waals surface area contributed by atoms with Gasteiger partial charge in [0.1, 0.15) is 0 Å². The number of carbonyl (C=O) groups excluding carboxylic acids is 1. The predicted molar refractivity (Wildman–Crippen MR) is 48.1 cm³/mol. The van der Waals surface area contributed by atoms with Gasteiger partial charge in [-0.2, -0.15) is 0 Å². The van der Waals surface area contributed by atoms with Crippen LogP contribution in [0.15, 0.2) is 30.3 Å². The van der Waals surface area contributed by atoms with E-state index in [9.17, 15) is 4.79 Å². The molecule has 2 rings (SSSR count). The van der Waals surface area contributed by atoms with Crippen molar-refractivity contribution < 1.29 is 9.53 Å². The summed E-state index contributed by atoms with van der Waals surface area (Å²) in [4.78, 5) is 11.3. The highest BCUT2D eigenvalue weighted by molar-refractivity contribution is 5.92. The molecule has 68 valence electrons. The lowest BCUT2D eigenvalue weighted by Crippen LogP contribution is -2.63. The van der Waals surface area contributed by atoms with Crippen LogP contribution in [0.5, 0.6) is 0 Å². The van der Waals surface area contributed by atoms with Crippen LogP contribution in [0.25, 0.3) is 0 Å². The fourth-order valence-corrected chi connectivity index (χ4v) is 1.54. The number of methoxy groups -OCH3 is 1. The van der Waals surface area contributed by atoms with Gasteiger partial charge in [0.25, 0.3) is 5.91 Å². The standard InChI is InChI=1S/C10H11NO2/c1-13-10(7-11-9(10)12)8-5-3-2-4-6-8/h2-6H,7H2,1H3,(H,11,12). The molecule has 3 heteroatoms. The van der Waals surface area contributed by atoms with Crippen LogP contribution in [-0.4, -0.2) is 19.6 Å². The molecular formula is C10H11NO2. The van der Waals surface area contributed by atoms with Crippen LogP contribution in [0.3, 0.4) is 0 Å². The first-order valence-corrected chi connectivity index (χ1v) is 4.18. The summed E-state index contributed by atoms with van der Waals surface area (Å²) >= 11 is 0. The van der Waals surface area contributed by atoms with E-state index in [0.717, 1.165) is 5.56 Å². The Labute approximate surface area is 76.7 Å². The second-order valence-corrected chi connectivity index (χ2v) is 3.08. The summed E-state index contributed by atoms with van der Waals surface area (Å²) in [5.74, 6) is -0.0544. The molecule has 1 N–H and O–H groups in total. The van der Waals surface area contributed by atoms with E-state index in [1.165, 1.54) is 0 Å². The van der Waals surface area contributed by atoms with Gasteiger partial charge in [-0.1, -0.05) is 30.3 Å². The van der Waals surface area contributed by atoms with Crippen molar-refractivity contribution >= 4 is 5.91 Å². The second kappa shape index (κ2) is 2.85. The molecular weight excluding hydrogens is 166 g/mol. The fraction of sp³-hybridized carbons (Fsp3) is 0.300. The number of hydrogen-bond acceptors (Lipinski definition) is 2. The lowest BCUT2D eigenvalue weighted by molar-refractivity contribution is -0.158. The lowest BCUT2D eigenvalue weighted by atomic mass is 9.87. The van der Waals surface area contributed by atoms with Gasteiger partial charge >= 0.3 is 0 Å². The Morgan fingerprint density at radius 2 is 2.08 bits per heavy atom. The molecule has 1 heterocycles. The van der Waals surface area contributed by atoms with Gasteiger partial charge in [0, 0.05) is 7.11 Å². The number of benzene rings is 1. The highest BCUT2D eigenvalue weighted by Crippen LogP contribution is 2.29. The van der Waals surface area contributed by atoms with Crippen LogP contribution >= 0.6 is 0 Å². The van der Waals surface area contributed by atoms with E-state index < -0.39 is 5.60 Å². The molecule has 0 spiro atoms. The second-order valence-electron chi connectivity index (χ2n) is 3.08. The predicted octanol–water partition coefficient (Wildman–Crippen LogP) is 0.658. The molecule has 13 heavy (non-hydrogen) atoms. The number of hydrogen-bond donors (Lipinski definition) is 1. The van der Waals surface area contributed by atoms with E-state index in [0.29, 0.717) is 6.54 Å². The van der Waals surface area contributed by atoms with E-state index >= 15 is 0 Å². The Balaban J connectivity index is 2.38. The van der Waals surface area contributed by atoms with E-state index in [4.69, 9.17) is 4.74 Å². The van der Waals surface area contributed by atoms with Gasteiger partial charge in [-0.15, -0.1) is 0 Å². The monoisotopic (exact) mass is 177 g/mol. The van der Waals surface area contributed by atoms with Crippen LogP contribution in [0.4, 0.5) is 0 Å². The largest absolute Gasteiger partial charge is 0.362 e. The van der Waals surface area contributed by atoms with Gasteiger partial charge in [0.05, 0.1) is 6.54 Å². The van der Waals surface area contributed by atoms with Gasteiger partial charge < -0.3 is 10.1 Å². The number of carbonyl (C=O) groups is 1. The van der Waals surface area contributed by atoms with Crippen molar-refractivity contribution in [1.82, 2.24) is 5.32 Å². The first kappa shape index (κ1) is 8.26. The Morgan fingerprint density at radius 3 is 2.46 bits per heavy atom. The smallest absolute Gasteiger partial charge is 0.258 e. The summed E-state index contributed by atoms with van der Waals surface area (Å²) in [5, 5.41) is 2.68. The summed E-state index contributed by atoms with van der Waals surface area (Å²) in [6.07, 6.45) is 0. The number of rotatable bonds is 2. The van der Waals surface area contributed by atoms with Gasteiger partial charge in [0.2, 0.25) is 0 Å². The maximum atomic E-state index is 11.3. The van der Waals surface area contributed by atoms with E-state index in [1.54, 1.807) is 7.11 Å². The van der Waals surface area contributed by atoms with Crippen molar-refractivity contribution in [3.05, 3.63) is 35.9 Å². The maximum Gasteiger partial charge on any atom is 0.258 e. The summed E-state index contributed by atoms with van der Waals surface area (Å²) in [6.45, 7) is 0.562. The average Bonchev–Trinajstić information content (AvgIpc) is 2.19. The molecule has 0 saturated carbocycles. The molecule has 1 fully saturated rings. The quantitative estimate of drug-likeness (QED) is 0.674. The van der Waals surface area contributed by atoms with Crippen molar-refractivity contribution in [3.63, 3.8) is 0 Å². The molecule has 1 saturated heterocycles. The summed E-state index contributed by atoms with van der Waals surface area (Å²) in [5.41, 5.74) is 0.183. The molecule has 0 aliphatic carbocycles. The Kier molecular flexibility index (Phi) is 1.81.